The number of para-hydroxylation sites is 2. The van der Waals surface area contributed by atoms with Gasteiger partial charge in [-0.1, -0.05) is 36.4 Å². The van der Waals surface area contributed by atoms with Gasteiger partial charge in [-0.15, -0.1) is 5.10 Å². The minimum absolute atomic E-state index is 0.111. The lowest BCUT2D eigenvalue weighted by Gasteiger charge is -2.25. The van der Waals surface area contributed by atoms with Gasteiger partial charge in [-0.2, -0.15) is 5.10 Å². The molecule has 3 aromatic rings. The summed E-state index contributed by atoms with van der Waals surface area (Å²) in [5.74, 6) is 0.520. The number of anilines is 2. The Kier molecular flexibility index (Phi) is 5.70. The van der Waals surface area contributed by atoms with Crippen molar-refractivity contribution in [2.75, 3.05) is 5.01 Å². The van der Waals surface area contributed by atoms with Gasteiger partial charge >= 0.3 is 5.91 Å². The summed E-state index contributed by atoms with van der Waals surface area (Å²) >= 11 is 0. The van der Waals surface area contributed by atoms with Crippen LogP contribution in [0.1, 0.15) is 40.3 Å². The van der Waals surface area contributed by atoms with Gasteiger partial charge < -0.3 is 15.9 Å². The number of nitrogens with two attached hydrogens (primary N) is 2. The van der Waals surface area contributed by atoms with Crippen LogP contribution in [0.3, 0.4) is 0 Å². The van der Waals surface area contributed by atoms with Gasteiger partial charge in [-0.3, -0.25) is 15.2 Å². The Morgan fingerprint density at radius 2 is 1.61 bits per heavy atom. The Labute approximate surface area is 180 Å². The first-order chi connectivity index (χ1) is 15.0. The SMILES string of the molecule is Cc1c(C(=O)NN(c2ccccc2)c2ccccc2)oc2c1/C(=N/N=C(N)N)CCC2. The highest BCUT2D eigenvalue weighted by Crippen LogP contribution is 2.31. The average Bonchev–Trinajstić information content (AvgIpc) is 3.14. The minimum atomic E-state index is -0.346. The number of nitrogens with zero attached hydrogens (tertiary/aromatic N) is 3. The molecule has 0 radical (unpaired) electrons. The summed E-state index contributed by atoms with van der Waals surface area (Å²) in [5, 5.41) is 9.68. The molecule has 1 amide bonds. The molecule has 1 aromatic heterocycles. The monoisotopic (exact) mass is 416 g/mol. The topological polar surface area (TPSA) is 122 Å². The van der Waals surface area contributed by atoms with E-state index in [1.54, 1.807) is 5.01 Å². The minimum Gasteiger partial charge on any atom is -0.455 e. The van der Waals surface area contributed by atoms with E-state index in [-0.39, 0.29) is 17.6 Å². The zero-order chi connectivity index (χ0) is 21.8. The maximum absolute atomic E-state index is 13.3. The van der Waals surface area contributed by atoms with E-state index in [0.717, 1.165) is 46.8 Å². The quantitative estimate of drug-likeness (QED) is 0.334. The number of fused-ring (bicyclic) bond motifs is 1. The summed E-state index contributed by atoms with van der Waals surface area (Å²) in [5.41, 5.74) is 17.7. The van der Waals surface area contributed by atoms with E-state index in [0.29, 0.717) is 6.42 Å². The first-order valence-corrected chi connectivity index (χ1v) is 10.0. The largest absolute Gasteiger partial charge is 0.455 e. The highest BCUT2D eigenvalue weighted by atomic mass is 16.4. The van der Waals surface area contributed by atoms with Crippen molar-refractivity contribution in [2.45, 2.75) is 26.2 Å². The van der Waals surface area contributed by atoms with Gasteiger partial charge in [-0.25, -0.2) is 0 Å². The number of aryl methyl sites for hydroxylation is 1. The molecule has 0 saturated heterocycles. The maximum atomic E-state index is 13.3. The molecule has 158 valence electrons. The van der Waals surface area contributed by atoms with Gasteiger partial charge in [0.15, 0.2) is 5.76 Å². The molecule has 1 heterocycles. The van der Waals surface area contributed by atoms with Crippen molar-refractivity contribution in [3.05, 3.63) is 83.3 Å². The zero-order valence-electron chi connectivity index (χ0n) is 17.2. The molecular formula is C23H24N6O2. The highest BCUT2D eigenvalue weighted by molar-refractivity contribution is 6.06. The average molecular weight is 416 g/mol. The second kappa shape index (κ2) is 8.74. The summed E-state index contributed by atoms with van der Waals surface area (Å²) < 4.78 is 5.98. The number of nitrogens with one attached hydrogen (secondary N) is 1. The predicted octanol–water partition coefficient (Wildman–Crippen LogP) is 3.38. The molecule has 0 spiro atoms. The Morgan fingerprint density at radius 1 is 1.00 bits per heavy atom. The highest BCUT2D eigenvalue weighted by Gasteiger charge is 2.29. The van der Waals surface area contributed by atoms with Crippen molar-refractivity contribution in [1.82, 2.24) is 5.43 Å². The fourth-order valence-electron chi connectivity index (χ4n) is 3.69. The van der Waals surface area contributed by atoms with E-state index in [4.69, 9.17) is 15.9 Å². The van der Waals surface area contributed by atoms with Gasteiger partial charge in [0.25, 0.3) is 0 Å². The van der Waals surface area contributed by atoms with Crippen LogP contribution in [0.4, 0.5) is 11.4 Å². The van der Waals surface area contributed by atoms with Crippen molar-refractivity contribution in [3.8, 4) is 0 Å². The number of benzene rings is 2. The van der Waals surface area contributed by atoms with Crippen LogP contribution in [0.2, 0.25) is 0 Å². The van der Waals surface area contributed by atoms with Crippen molar-refractivity contribution < 1.29 is 9.21 Å². The molecule has 2 aromatic carbocycles. The Hall–Kier alpha value is -4.07. The Balaban J connectivity index is 1.68. The van der Waals surface area contributed by atoms with Gasteiger partial charge in [0, 0.05) is 17.5 Å². The molecule has 0 fully saturated rings. The number of rotatable bonds is 5. The van der Waals surface area contributed by atoms with Crippen molar-refractivity contribution >= 4 is 29.0 Å². The number of carbonyl (C=O) groups is 1. The van der Waals surface area contributed by atoms with Gasteiger partial charge in [-0.05, 0) is 44.0 Å². The first kappa shape index (κ1) is 20.2. The Morgan fingerprint density at radius 3 is 2.19 bits per heavy atom. The summed E-state index contributed by atoms with van der Waals surface area (Å²) in [6.45, 7) is 1.85. The van der Waals surface area contributed by atoms with E-state index in [1.165, 1.54) is 0 Å². The lowest BCUT2D eigenvalue weighted by Crippen LogP contribution is -2.39. The molecular weight excluding hydrogens is 392 g/mol. The fraction of sp³-hybridized carbons (Fsp3) is 0.174. The van der Waals surface area contributed by atoms with Crippen molar-refractivity contribution in [3.63, 3.8) is 0 Å². The fourth-order valence-corrected chi connectivity index (χ4v) is 3.69. The van der Waals surface area contributed by atoms with Crippen LogP contribution >= 0.6 is 0 Å². The second-order valence-corrected chi connectivity index (χ2v) is 7.23. The van der Waals surface area contributed by atoms with Crippen molar-refractivity contribution in [1.29, 1.82) is 0 Å². The summed E-state index contributed by atoms with van der Waals surface area (Å²) in [4.78, 5) is 13.3. The number of hydrazine groups is 1. The van der Waals surface area contributed by atoms with Crippen LogP contribution in [-0.2, 0) is 6.42 Å². The molecule has 0 aliphatic heterocycles. The van der Waals surface area contributed by atoms with E-state index in [1.807, 2.05) is 67.6 Å². The molecule has 8 heteroatoms. The number of guanidine groups is 1. The zero-order valence-corrected chi connectivity index (χ0v) is 17.2. The number of amides is 1. The van der Waals surface area contributed by atoms with Crippen LogP contribution < -0.4 is 21.9 Å². The predicted molar refractivity (Wildman–Crippen MR) is 121 cm³/mol. The van der Waals surface area contributed by atoms with Crippen LogP contribution in [0.5, 0.6) is 0 Å². The normalized spacial score (nSPS) is 14.0. The third-order valence-electron chi connectivity index (χ3n) is 5.06. The first-order valence-electron chi connectivity index (χ1n) is 10.0. The number of carbonyl (C=O) groups excluding carboxylic acids is 1. The van der Waals surface area contributed by atoms with E-state index < -0.39 is 0 Å². The third-order valence-corrected chi connectivity index (χ3v) is 5.06. The maximum Gasteiger partial charge on any atom is 0.306 e. The lowest BCUT2D eigenvalue weighted by atomic mass is 9.93. The molecule has 0 saturated carbocycles. The number of furan rings is 1. The standard InChI is InChI=1S/C23H24N6O2/c1-15-20-18(26-27-23(24)25)13-8-14-19(20)31-21(15)22(30)28-29(16-9-4-2-5-10-16)17-11-6-3-7-12-17/h2-7,9-12H,8,13-14H2,1H3,(H,28,30)(H4,24,25,27)/b26-18+. The number of hydrogen-bond donors (Lipinski definition) is 3. The molecule has 1 aliphatic carbocycles. The van der Waals surface area contributed by atoms with Crippen LogP contribution in [0.15, 0.2) is 75.3 Å². The second-order valence-electron chi connectivity index (χ2n) is 7.23. The number of hydrogen-bond acceptors (Lipinski definition) is 5. The Bertz CT molecular complexity index is 1090. The molecule has 1 aliphatic rings. The van der Waals surface area contributed by atoms with Gasteiger partial charge in [0.2, 0.25) is 5.96 Å². The molecule has 5 N–H and O–H groups in total. The lowest BCUT2D eigenvalue weighted by molar-refractivity contribution is 0.0923. The molecule has 31 heavy (non-hydrogen) atoms. The van der Waals surface area contributed by atoms with Gasteiger partial charge in [0.05, 0.1) is 17.1 Å². The van der Waals surface area contributed by atoms with Crippen LogP contribution in [-0.4, -0.2) is 17.6 Å². The molecule has 0 atom stereocenters. The smallest absolute Gasteiger partial charge is 0.306 e. The summed E-state index contributed by atoms with van der Waals surface area (Å²) in [6.07, 6.45) is 2.29. The van der Waals surface area contributed by atoms with E-state index >= 15 is 0 Å². The molecule has 0 unspecified atom stereocenters. The third kappa shape index (κ3) is 4.28. The van der Waals surface area contributed by atoms with Crippen LogP contribution in [0, 0.1) is 6.92 Å². The summed E-state index contributed by atoms with van der Waals surface area (Å²) in [7, 11) is 0. The molecule has 4 rings (SSSR count). The van der Waals surface area contributed by atoms with Gasteiger partial charge in [0.1, 0.15) is 5.76 Å². The van der Waals surface area contributed by atoms with Crippen LogP contribution in [0.25, 0.3) is 0 Å². The molecule has 8 nitrogen and oxygen atoms in total. The van der Waals surface area contributed by atoms with Crippen molar-refractivity contribution in [2.24, 2.45) is 21.7 Å². The molecule has 0 bridgehead atoms. The van der Waals surface area contributed by atoms with E-state index in [9.17, 15) is 4.79 Å². The summed E-state index contributed by atoms with van der Waals surface area (Å²) in [6, 6.07) is 19.2. The van der Waals surface area contributed by atoms with E-state index in [2.05, 4.69) is 15.6 Å².